The molecule has 0 radical (unpaired) electrons. The van der Waals surface area contributed by atoms with Crippen LogP contribution in [0.5, 0.6) is 0 Å². The lowest BCUT2D eigenvalue weighted by Gasteiger charge is -2.37. The van der Waals surface area contributed by atoms with Crippen LogP contribution in [0.25, 0.3) is 0 Å². The lowest BCUT2D eigenvalue weighted by atomic mass is 9.94. The van der Waals surface area contributed by atoms with Crippen molar-refractivity contribution >= 4 is 10.2 Å². The van der Waals surface area contributed by atoms with E-state index in [0.717, 1.165) is 32.4 Å². The zero-order valence-electron chi connectivity index (χ0n) is 10.1. The summed E-state index contributed by atoms with van der Waals surface area (Å²) >= 11 is 0. The summed E-state index contributed by atoms with van der Waals surface area (Å²) in [6.07, 6.45) is 4.21. The Labute approximate surface area is 103 Å². The summed E-state index contributed by atoms with van der Waals surface area (Å²) < 4.78 is 28.6. The highest BCUT2D eigenvalue weighted by atomic mass is 32.2. The van der Waals surface area contributed by atoms with Crippen molar-refractivity contribution in [2.75, 3.05) is 32.7 Å². The molecule has 5 nitrogen and oxygen atoms in total. The van der Waals surface area contributed by atoms with Crippen molar-refractivity contribution in [3.05, 3.63) is 0 Å². The van der Waals surface area contributed by atoms with Crippen LogP contribution in [0, 0.1) is 5.92 Å². The first-order chi connectivity index (χ1) is 8.19. The third-order valence-electron chi connectivity index (χ3n) is 4.32. The summed E-state index contributed by atoms with van der Waals surface area (Å²) in [7, 11) is -3.19. The third kappa shape index (κ3) is 2.01. The molecule has 0 aromatic rings. The van der Waals surface area contributed by atoms with Crippen LogP contribution in [0.1, 0.15) is 25.7 Å². The third-order valence-corrected chi connectivity index (χ3v) is 6.38. The molecule has 3 heterocycles. The van der Waals surface area contributed by atoms with E-state index in [0.29, 0.717) is 25.6 Å². The van der Waals surface area contributed by atoms with Gasteiger partial charge < -0.3 is 5.32 Å². The van der Waals surface area contributed by atoms with E-state index in [1.165, 1.54) is 6.42 Å². The molecule has 3 aliphatic heterocycles. The van der Waals surface area contributed by atoms with E-state index < -0.39 is 10.2 Å². The molecule has 2 atom stereocenters. The van der Waals surface area contributed by atoms with E-state index >= 15 is 0 Å². The van der Waals surface area contributed by atoms with Gasteiger partial charge in [0.2, 0.25) is 0 Å². The van der Waals surface area contributed by atoms with E-state index in [4.69, 9.17) is 0 Å². The second-order valence-corrected chi connectivity index (χ2v) is 7.23. The van der Waals surface area contributed by atoms with Gasteiger partial charge in [-0.3, -0.25) is 0 Å². The monoisotopic (exact) mass is 259 g/mol. The van der Waals surface area contributed by atoms with Gasteiger partial charge in [0, 0.05) is 32.2 Å². The van der Waals surface area contributed by atoms with Crippen molar-refractivity contribution in [3.8, 4) is 0 Å². The fourth-order valence-corrected chi connectivity index (χ4v) is 5.34. The van der Waals surface area contributed by atoms with Gasteiger partial charge in [0.1, 0.15) is 0 Å². The van der Waals surface area contributed by atoms with Crippen LogP contribution in [0.3, 0.4) is 0 Å². The van der Waals surface area contributed by atoms with E-state index in [1.807, 2.05) is 0 Å². The Bertz CT molecular complexity index is 378. The molecule has 3 fully saturated rings. The van der Waals surface area contributed by atoms with Crippen LogP contribution in [0.4, 0.5) is 0 Å². The van der Waals surface area contributed by atoms with Gasteiger partial charge in [-0.15, -0.1) is 0 Å². The summed E-state index contributed by atoms with van der Waals surface area (Å²) in [5.74, 6) is 0.529. The van der Waals surface area contributed by atoms with Crippen LogP contribution in [0.2, 0.25) is 0 Å². The van der Waals surface area contributed by atoms with Gasteiger partial charge in [0.05, 0.1) is 0 Å². The first kappa shape index (κ1) is 11.9. The Kier molecular flexibility index (Phi) is 3.15. The molecule has 0 aromatic heterocycles. The first-order valence-electron chi connectivity index (χ1n) is 6.67. The second-order valence-electron chi connectivity index (χ2n) is 5.35. The van der Waals surface area contributed by atoms with Gasteiger partial charge in [-0.05, 0) is 38.1 Å². The lowest BCUT2D eigenvalue weighted by Crippen LogP contribution is -2.53. The normalized spacial score (nSPS) is 36.2. The Morgan fingerprint density at radius 1 is 1.00 bits per heavy atom. The number of hydrogen-bond acceptors (Lipinski definition) is 3. The molecule has 6 heteroatoms. The average molecular weight is 259 g/mol. The standard InChI is InChI=1S/C11H21N3O2S/c15-17(16,13-5-1-2-6-13)14-7-3-4-10-8-12-9-11(10)14/h10-12H,1-9H2. The summed E-state index contributed by atoms with van der Waals surface area (Å²) in [6, 6.07) is 0.203. The maximum atomic E-state index is 12.6. The van der Waals surface area contributed by atoms with Crippen molar-refractivity contribution in [1.29, 1.82) is 0 Å². The van der Waals surface area contributed by atoms with Crippen molar-refractivity contribution in [2.24, 2.45) is 5.92 Å². The Balaban J connectivity index is 1.81. The molecule has 1 N–H and O–H groups in total. The molecule has 98 valence electrons. The minimum absolute atomic E-state index is 0.203. The number of rotatable bonds is 2. The van der Waals surface area contributed by atoms with Crippen LogP contribution < -0.4 is 5.32 Å². The predicted octanol–water partition coefficient (Wildman–Crippen LogP) is 0.0108. The number of fused-ring (bicyclic) bond motifs is 1. The number of nitrogens with zero attached hydrogens (tertiary/aromatic N) is 2. The highest BCUT2D eigenvalue weighted by Crippen LogP contribution is 2.30. The molecule has 0 aliphatic carbocycles. The fourth-order valence-electron chi connectivity index (χ4n) is 3.38. The molecule has 3 rings (SSSR count). The predicted molar refractivity (Wildman–Crippen MR) is 65.8 cm³/mol. The van der Waals surface area contributed by atoms with Gasteiger partial charge >= 0.3 is 0 Å². The molecule has 0 aromatic carbocycles. The Morgan fingerprint density at radius 3 is 2.53 bits per heavy atom. The second kappa shape index (κ2) is 4.50. The van der Waals surface area contributed by atoms with Crippen LogP contribution >= 0.6 is 0 Å². The quantitative estimate of drug-likeness (QED) is 0.760. The Morgan fingerprint density at radius 2 is 1.76 bits per heavy atom. The molecule has 17 heavy (non-hydrogen) atoms. The van der Waals surface area contributed by atoms with Crippen LogP contribution in [-0.4, -0.2) is 55.8 Å². The zero-order chi connectivity index (χ0) is 11.9. The highest BCUT2D eigenvalue weighted by molar-refractivity contribution is 7.86. The SMILES string of the molecule is O=S(=O)(N1CCCC1)N1CCCC2CNCC21. The fraction of sp³-hybridized carbons (Fsp3) is 1.00. The van der Waals surface area contributed by atoms with Gasteiger partial charge in [-0.2, -0.15) is 17.0 Å². The molecule has 0 spiro atoms. The number of nitrogens with one attached hydrogen (secondary N) is 1. The van der Waals surface area contributed by atoms with Crippen molar-refractivity contribution < 1.29 is 8.42 Å². The molecule has 3 aliphatic rings. The van der Waals surface area contributed by atoms with Crippen molar-refractivity contribution in [3.63, 3.8) is 0 Å². The van der Waals surface area contributed by atoms with Crippen molar-refractivity contribution in [1.82, 2.24) is 13.9 Å². The molecular formula is C11H21N3O2S. The maximum Gasteiger partial charge on any atom is 0.282 e. The number of hydrogen-bond donors (Lipinski definition) is 1. The van der Waals surface area contributed by atoms with E-state index in [1.54, 1.807) is 8.61 Å². The molecule has 3 saturated heterocycles. The van der Waals surface area contributed by atoms with E-state index in [-0.39, 0.29) is 6.04 Å². The van der Waals surface area contributed by atoms with Gasteiger partial charge in [0.15, 0.2) is 0 Å². The molecule has 0 amide bonds. The van der Waals surface area contributed by atoms with E-state index in [2.05, 4.69) is 5.32 Å². The van der Waals surface area contributed by atoms with E-state index in [9.17, 15) is 8.42 Å². The summed E-state index contributed by atoms with van der Waals surface area (Å²) in [5, 5.41) is 3.33. The smallest absolute Gasteiger partial charge is 0.282 e. The van der Waals surface area contributed by atoms with Crippen molar-refractivity contribution in [2.45, 2.75) is 31.7 Å². The van der Waals surface area contributed by atoms with Gasteiger partial charge in [0.25, 0.3) is 10.2 Å². The average Bonchev–Trinajstić information content (AvgIpc) is 2.99. The minimum atomic E-state index is -3.19. The largest absolute Gasteiger partial charge is 0.315 e. The first-order valence-corrected chi connectivity index (χ1v) is 8.07. The maximum absolute atomic E-state index is 12.6. The number of piperidine rings is 1. The van der Waals surface area contributed by atoms with Crippen LogP contribution in [0.15, 0.2) is 0 Å². The molecular weight excluding hydrogens is 238 g/mol. The molecule has 2 unspecified atom stereocenters. The van der Waals surface area contributed by atoms with Gasteiger partial charge in [-0.25, -0.2) is 0 Å². The zero-order valence-corrected chi connectivity index (χ0v) is 11.0. The summed E-state index contributed by atoms with van der Waals surface area (Å²) in [4.78, 5) is 0. The van der Waals surface area contributed by atoms with Crippen LogP contribution in [-0.2, 0) is 10.2 Å². The topological polar surface area (TPSA) is 52.7 Å². The highest BCUT2D eigenvalue weighted by Gasteiger charge is 2.43. The summed E-state index contributed by atoms with van der Waals surface area (Å²) in [5.41, 5.74) is 0. The Hall–Kier alpha value is -0.170. The molecule has 0 saturated carbocycles. The minimum Gasteiger partial charge on any atom is -0.315 e. The summed E-state index contributed by atoms with van der Waals surface area (Å²) in [6.45, 7) is 3.95. The van der Waals surface area contributed by atoms with Gasteiger partial charge in [-0.1, -0.05) is 0 Å². The lowest BCUT2D eigenvalue weighted by molar-refractivity contribution is 0.205. The molecule has 0 bridgehead atoms.